The van der Waals surface area contributed by atoms with E-state index in [4.69, 9.17) is 11.6 Å². The Morgan fingerprint density at radius 1 is 1.12 bits per heavy atom. The van der Waals surface area contributed by atoms with E-state index >= 15 is 0 Å². The average molecular weight is 418 g/mol. The Kier molecular flexibility index (Phi) is 5.55. The van der Waals surface area contributed by atoms with Crippen LogP contribution in [0.25, 0.3) is 0 Å². The van der Waals surface area contributed by atoms with Crippen molar-refractivity contribution < 1.29 is 26.0 Å². The van der Waals surface area contributed by atoms with Crippen molar-refractivity contribution in [2.24, 2.45) is 0 Å². The monoisotopic (exact) mass is 417 g/mol. The van der Waals surface area contributed by atoms with Gasteiger partial charge in [-0.1, -0.05) is 30.3 Å². The molecule has 0 bridgehead atoms. The van der Waals surface area contributed by atoms with Gasteiger partial charge in [0, 0.05) is 6.26 Å². The molecule has 0 saturated carbocycles. The van der Waals surface area contributed by atoms with E-state index in [-0.39, 0.29) is 15.0 Å². The van der Waals surface area contributed by atoms with Crippen LogP contribution in [0.2, 0.25) is 5.02 Å². The van der Waals surface area contributed by atoms with E-state index < -0.39 is 41.4 Å². The van der Waals surface area contributed by atoms with Crippen LogP contribution < -0.4 is 4.31 Å². The van der Waals surface area contributed by atoms with Gasteiger partial charge in [0.15, 0.2) is 9.84 Å². The fourth-order valence-corrected chi connectivity index (χ4v) is 5.49. The molecule has 2 rings (SSSR count). The van der Waals surface area contributed by atoms with Crippen LogP contribution in [0.3, 0.4) is 0 Å². The highest BCUT2D eigenvalue weighted by molar-refractivity contribution is 7.95. The summed E-state index contributed by atoms with van der Waals surface area (Å²) in [5, 5.41) is -0.347. The van der Waals surface area contributed by atoms with Gasteiger partial charge in [-0.15, -0.1) is 0 Å². The fraction of sp³-hybridized carbons (Fsp3) is 0.0625. The molecule has 0 aliphatic heterocycles. The molecule has 0 unspecified atom stereocenters. The van der Waals surface area contributed by atoms with Crippen LogP contribution in [0.4, 0.5) is 10.1 Å². The molecule has 0 fully saturated rings. The molecule has 0 spiro atoms. The quantitative estimate of drug-likeness (QED) is 0.698. The van der Waals surface area contributed by atoms with Gasteiger partial charge in [-0.25, -0.2) is 21.2 Å². The zero-order chi connectivity index (χ0) is 19.7. The number of benzene rings is 2. The molecule has 26 heavy (non-hydrogen) atoms. The maximum absolute atomic E-state index is 13.3. The minimum absolute atomic E-state index is 0.284. The summed E-state index contributed by atoms with van der Waals surface area (Å²) in [7, 11) is -8.61. The zero-order valence-corrected chi connectivity index (χ0v) is 15.8. The highest BCUT2D eigenvalue weighted by atomic mass is 35.5. The largest absolute Gasteiger partial charge is 0.272 e. The number of hydrogen-bond donors (Lipinski definition) is 0. The topological polar surface area (TPSA) is 88.6 Å². The van der Waals surface area contributed by atoms with E-state index in [1.54, 1.807) is 0 Å². The standard InChI is InChI=1S/C16H13ClFNO5S2/c1-3-16(20)19(13-9-8-11(18)10-12(13)17)26(23,24)15-7-5-4-6-14(15)25(2,21)22/h3-10H,1H2,2H3. The van der Waals surface area contributed by atoms with Crippen LogP contribution in [0.1, 0.15) is 0 Å². The van der Waals surface area contributed by atoms with Gasteiger partial charge >= 0.3 is 0 Å². The Labute approximate surface area is 155 Å². The van der Waals surface area contributed by atoms with Crippen molar-refractivity contribution in [1.29, 1.82) is 0 Å². The molecule has 1 amide bonds. The van der Waals surface area contributed by atoms with E-state index in [2.05, 4.69) is 6.58 Å². The number of nitrogens with zero attached hydrogens (tertiary/aromatic N) is 1. The van der Waals surface area contributed by atoms with Crippen LogP contribution in [-0.2, 0) is 24.7 Å². The Bertz CT molecular complexity index is 1100. The van der Waals surface area contributed by atoms with Gasteiger partial charge in [0.25, 0.3) is 15.9 Å². The van der Waals surface area contributed by atoms with Gasteiger partial charge in [0.05, 0.1) is 15.6 Å². The van der Waals surface area contributed by atoms with Crippen LogP contribution in [-0.4, -0.2) is 29.0 Å². The van der Waals surface area contributed by atoms with Crippen molar-refractivity contribution in [1.82, 2.24) is 0 Å². The van der Waals surface area contributed by atoms with Crippen LogP contribution in [0, 0.1) is 5.82 Å². The van der Waals surface area contributed by atoms with E-state index in [9.17, 15) is 26.0 Å². The lowest BCUT2D eigenvalue weighted by atomic mass is 10.3. The number of sulfone groups is 1. The number of rotatable bonds is 5. The van der Waals surface area contributed by atoms with Crippen LogP contribution in [0.5, 0.6) is 0 Å². The van der Waals surface area contributed by atoms with Gasteiger partial charge in [-0.2, -0.15) is 4.31 Å². The summed E-state index contributed by atoms with van der Waals surface area (Å²) in [6.45, 7) is 3.24. The molecule has 2 aromatic rings. The van der Waals surface area contributed by atoms with Crippen molar-refractivity contribution in [2.45, 2.75) is 9.79 Å². The summed E-state index contributed by atoms with van der Waals surface area (Å²) < 4.78 is 63.6. The molecular formula is C16H13ClFNO5S2. The lowest BCUT2D eigenvalue weighted by Crippen LogP contribution is -2.36. The predicted octanol–water partition coefficient (Wildman–Crippen LogP) is 2.79. The second-order valence-corrected chi connectivity index (χ2v) is 9.27. The minimum atomic E-state index is -4.69. The second kappa shape index (κ2) is 7.18. The Morgan fingerprint density at radius 2 is 1.69 bits per heavy atom. The molecule has 6 nitrogen and oxygen atoms in total. The number of anilines is 1. The fourth-order valence-electron chi connectivity index (χ4n) is 2.16. The molecule has 10 heteroatoms. The smallest absolute Gasteiger partial charge is 0.268 e. The van der Waals surface area contributed by atoms with Gasteiger partial charge in [0.1, 0.15) is 10.7 Å². The molecule has 0 N–H and O–H groups in total. The Hall–Kier alpha value is -2.23. The third kappa shape index (κ3) is 3.79. The van der Waals surface area contributed by atoms with Crippen molar-refractivity contribution in [2.75, 3.05) is 10.6 Å². The average Bonchev–Trinajstić information content (AvgIpc) is 2.56. The first kappa shape index (κ1) is 20.1. The first-order chi connectivity index (χ1) is 12.0. The first-order valence-electron chi connectivity index (χ1n) is 6.96. The van der Waals surface area contributed by atoms with Crippen molar-refractivity contribution in [3.63, 3.8) is 0 Å². The number of carbonyl (C=O) groups excluding carboxylic acids is 1. The van der Waals surface area contributed by atoms with Gasteiger partial charge in [-0.05, 0) is 36.4 Å². The van der Waals surface area contributed by atoms with Crippen LogP contribution in [0.15, 0.2) is 64.9 Å². The molecule has 0 atom stereocenters. The lowest BCUT2D eigenvalue weighted by molar-refractivity contribution is -0.113. The number of carbonyl (C=O) groups is 1. The summed E-state index contributed by atoms with van der Waals surface area (Å²) >= 11 is 5.90. The first-order valence-corrected chi connectivity index (χ1v) is 10.7. The van der Waals surface area contributed by atoms with Gasteiger partial charge in [-0.3, -0.25) is 4.79 Å². The number of halogens is 2. The second-order valence-electron chi connectivity index (χ2n) is 5.13. The van der Waals surface area contributed by atoms with Gasteiger partial charge in [0.2, 0.25) is 0 Å². The number of amides is 1. The molecule has 0 heterocycles. The van der Waals surface area contributed by atoms with Crippen LogP contribution >= 0.6 is 11.6 Å². The summed E-state index contributed by atoms with van der Waals surface area (Å²) in [5.74, 6) is -1.82. The van der Waals surface area contributed by atoms with E-state index in [1.807, 2.05) is 0 Å². The van der Waals surface area contributed by atoms with Crippen molar-refractivity contribution in [3.05, 3.63) is 66.0 Å². The SMILES string of the molecule is C=CC(=O)N(c1ccc(F)cc1Cl)S(=O)(=O)c1ccccc1S(C)(=O)=O. The highest BCUT2D eigenvalue weighted by Crippen LogP contribution is 2.33. The summed E-state index contributed by atoms with van der Waals surface area (Å²) in [6, 6.07) is 7.56. The molecule has 0 aromatic heterocycles. The Morgan fingerprint density at radius 3 is 2.19 bits per heavy atom. The third-order valence-electron chi connectivity index (χ3n) is 3.27. The summed E-state index contributed by atoms with van der Waals surface area (Å²) in [4.78, 5) is 11.2. The molecule has 0 radical (unpaired) electrons. The number of hydrogen-bond acceptors (Lipinski definition) is 5. The Balaban J connectivity index is 2.82. The molecule has 0 aliphatic rings. The number of sulfonamides is 1. The van der Waals surface area contributed by atoms with E-state index in [0.717, 1.165) is 42.7 Å². The molecule has 138 valence electrons. The normalized spacial score (nSPS) is 11.8. The minimum Gasteiger partial charge on any atom is -0.268 e. The van der Waals surface area contributed by atoms with E-state index in [0.29, 0.717) is 0 Å². The van der Waals surface area contributed by atoms with Gasteiger partial charge < -0.3 is 0 Å². The summed E-state index contributed by atoms with van der Waals surface area (Å²) in [6.07, 6.45) is 1.56. The summed E-state index contributed by atoms with van der Waals surface area (Å²) in [5.41, 5.74) is -0.332. The lowest BCUT2D eigenvalue weighted by Gasteiger charge is -2.23. The highest BCUT2D eigenvalue weighted by Gasteiger charge is 2.34. The molecular weight excluding hydrogens is 405 g/mol. The van der Waals surface area contributed by atoms with Crippen molar-refractivity contribution in [3.8, 4) is 0 Å². The van der Waals surface area contributed by atoms with E-state index in [1.165, 1.54) is 12.1 Å². The third-order valence-corrected chi connectivity index (χ3v) is 6.63. The molecule has 2 aromatic carbocycles. The molecule has 0 aliphatic carbocycles. The predicted molar refractivity (Wildman–Crippen MR) is 95.8 cm³/mol. The molecule has 0 saturated heterocycles. The maximum Gasteiger partial charge on any atom is 0.272 e. The van der Waals surface area contributed by atoms with Crippen molar-refractivity contribution >= 4 is 43.1 Å². The zero-order valence-electron chi connectivity index (χ0n) is 13.4. The maximum atomic E-state index is 13.3.